The second-order valence-electron chi connectivity index (χ2n) is 3.13. The van der Waals surface area contributed by atoms with Crippen molar-refractivity contribution < 1.29 is 23.0 Å². The lowest BCUT2D eigenvalue weighted by molar-refractivity contribution is -0.275. The van der Waals surface area contributed by atoms with Crippen LogP contribution in [-0.4, -0.2) is 18.1 Å². The fourth-order valence-corrected chi connectivity index (χ4v) is 1.17. The molecule has 0 fully saturated rings. The molecule has 1 aromatic rings. The third-order valence-electron chi connectivity index (χ3n) is 1.86. The van der Waals surface area contributed by atoms with Gasteiger partial charge in [0, 0.05) is 11.3 Å². The van der Waals surface area contributed by atoms with Crippen LogP contribution in [0.15, 0.2) is 18.2 Å². The lowest BCUT2D eigenvalue weighted by atomic mass is 10.1. The average Bonchev–Trinajstić information content (AvgIpc) is 2.17. The normalized spacial score (nSPS) is 13.6. The zero-order chi connectivity index (χ0) is 12.3. The Balaban J connectivity index is 3.07. The first-order valence-electron chi connectivity index (χ1n) is 4.35. The van der Waals surface area contributed by atoms with Crippen LogP contribution in [0.2, 0.25) is 0 Å². The molecule has 5 N–H and O–H groups in total. The van der Waals surface area contributed by atoms with Crippen LogP contribution in [0.3, 0.4) is 0 Å². The summed E-state index contributed by atoms with van der Waals surface area (Å²) in [6, 6.07) is 2.59. The largest absolute Gasteiger partial charge is 0.573 e. The minimum absolute atomic E-state index is 0.0137. The van der Waals surface area contributed by atoms with Crippen molar-refractivity contribution in [1.29, 1.82) is 0 Å². The van der Waals surface area contributed by atoms with E-state index < -0.39 is 24.8 Å². The molecule has 1 atom stereocenters. The lowest BCUT2D eigenvalue weighted by Gasteiger charge is -2.16. The molecule has 0 aliphatic rings. The Bertz CT molecular complexity index is 368. The summed E-state index contributed by atoms with van der Waals surface area (Å²) in [5.74, 6) is -0.455. The SMILES string of the molecule is Nc1ccc(OC(F)(F)F)c([C@H](N)CO)c1. The molecule has 0 amide bonds. The molecule has 0 aromatic heterocycles. The van der Waals surface area contributed by atoms with Crippen molar-refractivity contribution in [3.05, 3.63) is 23.8 Å². The van der Waals surface area contributed by atoms with E-state index in [-0.39, 0.29) is 11.3 Å². The molecule has 0 aliphatic carbocycles. The van der Waals surface area contributed by atoms with Crippen molar-refractivity contribution in [2.45, 2.75) is 12.4 Å². The summed E-state index contributed by atoms with van der Waals surface area (Å²) >= 11 is 0. The van der Waals surface area contributed by atoms with Gasteiger partial charge >= 0.3 is 6.36 Å². The van der Waals surface area contributed by atoms with Gasteiger partial charge in [0.05, 0.1) is 12.6 Å². The zero-order valence-corrected chi connectivity index (χ0v) is 8.16. The van der Waals surface area contributed by atoms with E-state index in [1.54, 1.807) is 0 Å². The van der Waals surface area contributed by atoms with Gasteiger partial charge in [-0.05, 0) is 18.2 Å². The number of halogens is 3. The van der Waals surface area contributed by atoms with Crippen LogP contribution in [0.1, 0.15) is 11.6 Å². The molecule has 0 heterocycles. The van der Waals surface area contributed by atoms with Crippen molar-refractivity contribution in [2.75, 3.05) is 12.3 Å². The summed E-state index contributed by atoms with van der Waals surface area (Å²) in [6.45, 7) is -0.502. The second kappa shape index (κ2) is 4.58. The summed E-state index contributed by atoms with van der Waals surface area (Å²) < 4.78 is 39.9. The quantitative estimate of drug-likeness (QED) is 0.688. The highest BCUT2D eigenvalue weighted by molar-refractivity contribution is 5.49. The number of anilines is 1. The predicted molar refractivity (Wildman–Crippen MR) is 51.6 cm³/mol. The maximum atomic E-state index is 12.0. The van der Waals surface area contributed by atoms with E-state index in [0.717, 1.165) is 6.07 Å². The number of nitrogen functional groups attached to an aromatic ring is 1. The van der Waals surface area contributed by atoms with E-state index in [0.29, 0.717) is 0 Å². The van der Waals surface area contributed by atoms with Crippen LogP contribution in [0.5, 0.6) is 5.75 Å². The number of aliphatic hydroxyl groups is 1. The molecule has 1 aromatic carbocycles. The summed E-state index contributed by atoms with van der Waals surface area (Å²) in [6.07, 6.45) is -4.81. The number of aliphatic hydroxyl groups excluding tert-OH is 1. The van der Waals surface area contributed by atoms with Gasteiger partial charge in [-0.1, -0.05) is 0 Å². The van der Waals surface area contributed by atoms with Crippen molar-refractivity contribution in [1.82, 2.24) is 0 Å². The van der Waals surface area contributed by atoms with Crippen LogP contribution >= 0.6 is 0 Å². The first-order valence-corrected chi connectivity index (χ1v) is 4.35. The number of alkyl halides is 3. The van der Waals surface area contributed by atoms with Crippen molar-refractivity contribution >= 4 is 5.69 Å². The highest BCUT2D eigenvalue weighted by atomic mass is 19.4. The van der Waals surface area contributed by atoms with E-state index >= 15 is 0 Å². The van der Waals surface area contributed by atoms with Gasteiger partial charge in [0.15, 0.2) is 0 Å². The van der Waals surface area contributed by atoms with Crippen LogP contribution in [0, 0.1) is 0 Å². The molecule has 4 nitrogen and oxygen atoms in total. The molecule has 90 valence electrons. The van der Waals surface area contributed by atoms with Gasteiger partial charge in [-0.3, -0.25) is 0 Å². The van der Waals surface area contributed by atoms with Crippen LogP contribution in [-0.2, 0) is 0 Å². The monoisotopic (exact) mass is 236 g/mol. The maximum absolute atomic E-state index is 12.0. The standard InChI is InChI=1S/C9H11F3N2O2/c10-9(11,12)16-8-2-1-5(13)3-6(8)7(14)4-15/h1-3,7,15H,4,13-14H2/t7-/m1/s1. The van der Waals surface area contributed by atoms with Crippen LogP contribution in [0.4, 0.5) is 18.9 Å². The highest BCUT2D eigenvalue weighted by Gasteiger charge is 2.32. The van der Waals surface area contributed by atoms with Crippen molar-refractivity contribution in [2.24, 2.45) is 5.73 Å². The predicted octanol–water partition coefficient (Wildman–Crippen LogP) is 1.16. The van der Waals surface area contributed by atoms with Gasteiger partial charge in [-0.25, -0.2) is 0 Å². The smallest absolute Gasteiger partial charge is 0.405 e. The number of hydrogen-bond donors (Lipinski definition) is 3. The third kappa shape index (κ3) is 3.28. The summed E-state index contributed by atoms with van der Waals surface area (Å²) in [5.41, 5.74) is 11.1. The summed E-state index contributed by atoms with van der Waals surface area (Å²) in [7, 11) is 0. The first kappa shape index (κ1) is 12.6. The van der Waals surface area contributed by atoms with E-state index in [4.69, 9.17) is 16.6 Å². The fourth-order valence-electron chi connectivity index (χ4n) is 1.17. The molecule has 0 saturated heterocycles. The highest BCUT2D eigenvalue weighted by Crippen LogP contribution is 2.30. The maximum Gasteiger partial charge on any atom is 0.573 e. The molecule has 0 aliphatic heterocycles. The van der Waals surface area contributed by atoms with Gasteiger partial charge in [-0.15, -0.1) is 13.2 Å². The Kier molecular flexibility index (Phi) is 3.61. The minimum atomic E-state index is -4.81. The van der Waals surface area contributed by atoms with Crippen LogP contribution < -0.4 is 16.2 Å². The molecular formula is C9H11F3N2O2. The molecule has 0 radical (unpaired) electrons. The Morgan fingerprint density at radius 1 is 1.38 bits per heavy atom. The third-order valence-corrected chi connectivity index (χ3v) is 1.86. The molecule has 1 rings (SSSR count). The zero-order valence-electron chi connectivity index (χ0n) is 8.16. The number of rotatable bonds is 3. The van der Waals surface area contributed by atoms with E-state index in [2.05, 4.69) is 4.74 Å². The van der Waals surface area contributed by atoms with Gasteiger partial charge in [0.1, 0.15) is 5.75 Å². The Morgan fingerprint density at radius 3 is 2.50 bits per heavy atom. The van der Waals surface area contributed by atoms with Crippen molar-refractivity contribution in [3.8, 4) is 5.75 Å². The van der Waals surface area contributed by atoms with E-state index in [9.17, 15) is 13.2 Å². The lowest BCUT2D eigenvalue weighted by Crippen LogP contribution is -2.21. The number of ether oxygens (including phenoxy) is 1. The molecule has 0 bridgehead atoms. The second-order valence-corrected chi connectivity index (χ2v) is 3.13. The van der Waals surface area contributed by atoms with Crippen LogP contribution in [0.25, 0.3) is 0 Å². The van der Waals surface area contributed by atoms with Gasteiger partial charge in [0.25, 0.3) is 0 Å². The summed E-state index contributed by atoms with van der Waals surface area (Å²) in [4.78, 5) is 0. The molecule has 0 saturated carbocycles. The fraction of sp³-hybridized carbons (Fsp3) is 0.333. The molecule has 7 heteroatoms. The number of hydrogen-bond acceptors (Lipinski definition) is 4. The molecular weight excluding hydrogens is 225 g/mol. The van der Waals surface area contributed by atoms with Gasteiger partial charge in [-0.2, -0.15) is 0 Å². The van der Waals surface area contributed by atoms with E-state index in [1.807, 2.05) is 0 Å². The summed E-state index contributed by atoms with van der Waals surface area (Å²) in [5, 5.41) is 8.80. The first-order chi connectivity index (χ1) is 7.33. The molecule has 16 heavy (non-hydrogen) atoms. The van der Waals surface area contributed by atoms with E-state index in [1.165, 1.54) is 12.1 Å². The van der Waals surface area contributed by atoms with Crippen molar-refractivity contribution in [3.63, 3.8) is 0 Å². The number of benzene rings is 1. The topological polar surface area (TPSA) is 81.5 Å². The Labute approximate surface area is 89.6 Å². The molecule has 0 unspecified atom stereocenters. The number of nitrogens with two attached hydrogens (primary N) is 2. The van der Waals surface area contributed by atoms with Gasteiger partial charge < -0.3 is 21.3 Å². The van der Waals surface area contributed by atoms with Gasteiger partial charge in [0.2, 0.25) is 0 Å². The minimum Gasteiger partial charge on any atom is -0.405 e. The molecule has 0 spiro atoms. The Morgan fingerprint density at radius 2 is 2.00 bits per heavy atom. The average molecular weight is 236 g/mol. The Hall–Kier alpha value is -1.47.